The van der Waals surface area contributed by atoms with Crippen LogP contribution in [0.15, 0.2) is 36.4 Å². The Hall–Kier alpha value is -2.01. The van der Waals surface area contributed by atoms with E-state index in [9.17, 15) is 0 Å². The SMILES string of the molecule is COc1ccc2cc(C3CC3(C)C#N)ccc2c1. The summed E-state index contributed by atoms with van der Waals surface area (Å²) in [5.41, 5.74) is 1.12. The van der Waals surface area contributed by atoms with Crippen LogP contribution in [0.3, 0.4) is 0 Å². The molecule has 0 heterocycles. The van der Waals surface area contributed by atoms with E-state index in [1.807, 2.05) is 19.1 Å². The van der Waals surface area contributed by atoms with E-state index in [2.05, 4.69) is 30.3 Å². The molecule has 0 spiro atoms. The molecule has 1 fully saturated rings. The zero-order valence-electron chi connectivity index (χ0n) is 10.6. The van der Waals surface area contributed by atoms with Gasteiger partial charge in [0.25, 0.3) is 0 Å². The maximum absolute atomic E-state index is 9.11. The van der Waals surface area contributed by atoms with E-state index in [0.717, 1.165) is 12.2 Å². The zero-order chi connectivity index (χ0) is 12.8. The van der Waals surface area contributed by atoms with E-state index >= 15 is 0 Å². The molecule has 2 aromatic carbocycles. The van der Waals surface area contributed by atoms with Gasteiger partial charge in [-0.3, -0.25) is 0 Å². The predicted molar refractivity (Wildman–Crippen MR) is 71.6 cm³/mol. The molecule has 2 unspecified atom stereocenters. The summed E-state index contributed by atoms with van der Waals surface area (Å²) in [6.07, 6.45) is 0.977. The molecule has 90 valence electrons. The number of benzene rings is 2. The highest BCUT2D eigenvalue weighted by Gasteiger charge is 2.51. The third kappa shape index (κ3) is 1.64. The largest absolute Gasteiger partial charge is 0.497 e. The van der Waals surface area contributed by atoms with Crippen LogP contribution in [-0.4, -0.2) is 7.11 Å². The second kappa shape index (κ2) is 3.74. The van der Waals surface area contributed by atoms with Crippen LogP contribution in [0.2, 0.25) is 0 Å². The van der Waals surface area contributed by atoms with Gasteiger partial charge in [-0.15, -0.1) is 0 Å². The Morgan fingerprint density at radius 3 is 2.61 bits per heavy atom. The molecule has 0 bridgehead atoms. The molecule has 0 radical (unpaired) electrons. The van der Waals surface area contributed by atoms with Crippen molar-refractivity contribution in [1.82, 2.24) is 0 Å². The second-order valence-corrected chi connectivity index (χ2v) is 5.26. The first-order valence-electron chi connectivity index (χ1n) is 6.15. The number of nitrogens with zero attached hydrogens (tertiary/aromatic N) is 1. The summed E-state index contributed by atoms with van der Waals surface area (Å²) in [6, 6.07) is 14.9. The minimum atomic E-state index is -0.153. The maximum Gasteiger partial charge on any atom is 0.119 e. The Kier molecular flexibility index (Phi) is 2.31. The molecular formula is C16H15NO. The summed E-state index contributed by atoms with van der Waals surface area (Å²) < 4.78 is 5.22. The normalized spacial score (nSPS) is 25.7. The number of methoxy groups -OCH3 is 1. The van der Waals surface area contributed by atoms with Gasteiger partial charge in [0.2, 0.25) is 0 Å². The van der Waals surface area contributed by atoms with Crippen molar-refractivity contribution < 1.29 is 4.74 Å². The van der Waals surface area contributed by atoms with Crippen LogP contribution in [0.25, 0.3) is 10.8 Å². The summed E-state index contributed by atoms with van der Waals surface area (Å²) in [7, 11) is 1.68. The van der Waals surface area contributed by atoms with E-state index in [1.165, 1.54) is 16.3 Å². The second-order valence-electron chi connectivity index (χ2n) is 5.26. The topological polar surface area (TPSA) is 33.0 Å². The molecule has 0 N–H and O–H groups in total. The highest BCUT2D eigenvalue weighted by Crippen LogP contribution is 2.58. The first-order chi connectivity index (χ1) is 8.66. The number of hydrogen-bond acceptors (Lipinski definition) is 2. The summed E-state index contributed by atoms with van der Waals surface area (Å²) in [4.78, 5) is 0. The molecule has 0 amide bonds. The Morgan fingerprint density at radius 2 is 1.94 bits per heavy atom. The minimum Gasteiger partial charge on any atom is -0.497 e. The van der Waals surface area contributed by atoms with E-state index in [0.29, 0.717) is 5.92 Å². The van der Waals surface area contributed by atoms with E-state index in [-0.39, 0.29) is 5.41 Å². The van der Waals surface area contributed by atoms with Gasteiger partial charge in [-0.25, -0.2) is 0 Å². The number of rotatable bonds is 2. The summed E-state index contributed by atoms with van der Waals surface area (Å²) in [5, 5.41) is 11.5. The van der Waals surface area contributed by atoms with Crippen LogP contribution in [0, 0.1) is 16.7 Å². The molecule has 0 aliphatic heterocycles. The fourth-order valence-electron chi connectivity index (χ4n) is 2.56. The maximum atomic E-state index is 9.11. The van der Waals surface area contributed by atoms with Crippen molar-refractivity contribution in [2.45, 2.75) is 19.3 Å². The molecular weight excluding hydrogens is 222 g/mol. The summed E-state index contributed by atoms with van der Waals surface area (Å²) >= 11 is 0. The molecule has 18 heavy (non-hydrogen) atoms. The van der Waals surface area contributed by atoms with Crippen molar-refractivity contribution in [1.29, 1.82) is 5.26 Å². The van der Waals surface area contributed by atoms with Gasteiger partial charge in [0, 0.05) is 5.92 Å². The third-order valence-corrected chi connectivity index (χ3v) is 3.97. The Labute approximate surface area is 107 Å². The third-order valence-electron chi connectivity index (χ3n) is 3.97. The molecule has 1 aliphatic carbocycles. The smallest absolute Gasteiger partial charge is 0.119 e. The lowest BCUT2D eigenvalue weighted by molar-refractivity contribution is 0.415. The van der Waals surface area contributed by atoms with Crippen LogP contribution in [-0.2, 0) is 0 Å². The van der Waals surface area contributed by atoms with Crippen LogP contribution in [0.4, 0.5) is 0 Å². The van der Waals surface area contributed by atoms with E-state index < -0.39 is 0 Å². The fourth-order valence-corrected chi connectivity index (χ4v) is 2.56. The van der Waals surface area contributed by atoms with Gasteiger partial charge in [0.15, 0.2) is 0 Å². The minimum absolute atomic E-state index is 0.153. The lowest BCUT2D eigenvalue weighted by atomic mass is 9.99. The monoisotopic (exact) mass is 237 g/mol. The molecule has 0 aromatic heterocycles. The molecule has 2 nitrogen and oxygen atoms in total. The van der Waals surface area contributed by atoms with Gasteiger partial charge in [0.05, 0.1) is 18.6 Å². The van der Waals surface area contributed by atoms with Crippen molar-refractivity contribution in [3.05, 3.63) is 42.0 Å². The van der Waals surface area contributed by atoms with Crippen molar-refractivity contribution in [3.8, 4) is 11.8 Å². The Bertz CT molecular complexity index is 656. The van der Waals surface area contributed by atoms with E-state index in [1.54, 1.807) is 7.11 Å². The Balaban J connectivity index is 2.01. The quantitative estimate of drug-likeness (QED) is 0.794. The van der Waals surface area contributed by atoms with Gasteiger partial charge in [-0.1, -0.05) is 24.3 Å². The van der Waals surface area contributed by atoms with Gasteiger partial charge in [0.1, 0.15) is 5.75 Å². The highest BCUT2D eigenvalue weighted by atomic mass is 16.5. The van der Waals surface area contributed by atoms with Gasteiger partial charge >= 0.3 is 0 Å². The number of fused-ring (bicyclic) bond motifs is 1. The molecule has 2 aromatic rings. The molecule has 1 aliphatic rings. The standard InChI is InChI=1S/C16H15NO/c1-16(10-17)9-15(16)13-4-3-12-8-14(18-2)6-5-11(12)7-13/h3-8,15H,9H2,1-2H3. The number of nitriles is 1. The van der Waals surface area contributed by atoms with Gasteiger partial charge < -0.3 is 4.74 Å². The number of hydrogen-bond donors (Lipinski definition) is 0. The van der Waals surface area contributed by atoms with Crippen LogP contribution in [0.1, 0.15) is 24.8 Å². The molecule has 0 saturated heterocycles. The molecule has 1 saturated carbocycles. The lowest BCUT2D eigenvalue weighted by Gasteiger charge is -2.06. The van der Waals surface area contributed by atoms with Crippen LogP contribution in [0.5, 0.6) is 5.75 Å². The average Bonchev–Trinajstić information content (AvgIpc) is 3.10. The van der Waals surface area contributed by atoms with Crippen LogP contribution >= 0.6 is 0 Å². The van der Waals surface area contributed by atoms with Crippen molar-refractivity contribution >= 4 is 10.8 Å². The van der Waals surface area contributed by atoms with Crippen LogP contribution < -0.4 is 4.74 Å². The average molecular weight is 237 g/mol. The fraction of sp³-hybridized carbons (Fsp3) is 0.312. The first kappa shape index (κ1) is 11.1. The number of ether oxygens (including phenoxy) is 1. The van der Waals surface area contributed by atoms with Crippen molar-refractivity contribution in [2.75, 3.05) is 7.11 Å². The van der Waals surface area contributed by atoms with E-state index in [4.69, 9.17) is 10.00 Å². The summed E-state index contributed by atoms with van der Waals surface area (Å²) in [5.74, 6) is 1.28. The van der Waals surface area contributed by atoms with Crippen molar-refractivity contribution in [2.24, 2.45) is 5.41 Å². The predicted octanol–water partition coefficient (Wildman–Crippen LogP) is 3.87. The van der Waals surface area contributed by atoms with Crippen molar-refractivity contribution in [3.63, 3.8) is 0 Å². The molecule has 2 heteroatoms. The molecule has 3 rings (SSSR count). The summed E-state index contributed by atoms with van der Waals surface area (Å²) in [6.45, 7) is 2.04. The Morgan fingerprint density at radius 1 is 1.22 bits per heavy atom. The lowest BCUT2D eigenvalue weighted by Crippen LogP contribution is -1.92. The van der Waals surface area contributed by atoms with Gasteiger partial charge in [-0.05, 0) is 41.8 Å². The molecule has 2 atom stereocenters. The highest BCUT2D eigenvalue weighted by molar-refractivity contribution is 5.84. The first-order valence-corrected chi connectivity index (χ1v) is 6.15. The zero-order valence-corrected chi connectivity index (χ0v) is 10.6. The van der Waals surface area contributed by atoms with Gasteiger partial charge in [-0.2, -0.15) is 5.26 Å².